The fraction of sp³-hybridized carbons (Fsp3) is 0.333. The van der Waals surface area contributed by atoms with Crippen molar-refractivity contribution >= 4 is 23.3 Å². The van der Waals surface area contributed by atoms with Crippen LogP contribution in [0.4, 0.5) is 11.4 Å². The van der Waals surface area contributed by atoms with E-state index in [2.05, 4.69) is 5.32 Å². The zero-order valence-corrected chi connectivity index (χ0v) is 9.94. The van der Waals surface area contributed by atoms with Crippen LogP contribution in [0.5, 0.6) is 0 Å². The molecular weight excluding hydrogens is 220 g/mol. The highest BCUT2D eigenvalue weighted by Crippen LogP contribution is 2.35. The fourth-order valence-electron chi connectivity index (χ4n) is 1.79. The summed E-state index contributed by atoms with van der Waals surface area (Å²) >= 11 is 0. The van der Waals surface area contributed by atoms with Crippen LogP contribution in [0, 0.1) is 0 Å². The van der Waals surface area contributed by atoms with Gasteiger partial charge in [-0.3, -0.25) is 4.79 Å². The van der Waals surface area contributed by atoms with Crippen molar-refractivity contribution in [1.82, 2.24) is 0 Å². The highest BCUT2D eigenvalue weighted by atomic mass is 16.4. The Morgan fingerprint density at radius 3 is 2.65 bits per heavy atom. The van der Waals surface area contributed by atoms with Crippen LogP contribution in [0.25, 0.3) is 0 Å². The number of carbonyl (C=O) groups is 2. The first-order valence-corrected chi connectivity index (χ1v) is 5.26. The molecule has 0 bridgehead atoms. The number of nitrogens with zero attached hydrogens (tertiary/aromatic N) is 1. The fourth-order valence-corrected chi connectivity index (χ4v) is 1.79. The Morgan fingerprint density at radius 1 is 1.41 bits per heavy atom. The Bertz CT molecular complexity index is 508. The van der Waals surface area contributed by atoms with E-state index in [0.29, 0.717) is 5.69 Å². The van der Waals surface area contributed by atoms with E-state index >= 15 is 0 Å². The van der Waals surface area contributed by atoms with Crippen molar-refractivity contribution < 1.29 is 14.7 Å². The molecular formula is C12H14N2O3. The molecule has 0 unspecified atom stereocenters. The molecule has 1 heterocycles. The lowest BCUT2D eigenvalue weighted by atomic mass is 9.97. The van der Waals surface area contributed by atoms with E-state index in [1.54, 1.807) is 6.07 Å². The van der Waals surface area contributed by atoms with Crippen LogP contribution < -0.4 is 10.2 Å². The molecule has 0 radical (unpaired) electrons. The van der Waals surface area contributed by atoms with Crippen LogP contribution in [-0.2, 0) is 4.79 Å². The topological polar surface area (TPSA) is 69.6 Å². The number of fused-ring (bicyclic) bond motifs is 1. The molecule has 0 aliphatic carbocycles. The third-order valence-electron chi connectivity index (χ3n) is 3.25. The number of hydrogen-bond acceptors (Lipinski definition) is 3. The molecule has 1 aliphatic rings. The molecule has 1 amide bonds. The number of hydrogen-bond donors (Lipinski definition) is 2. The second kappa shape index (κ2) is 3.48. The number of benzene rings is 1. The number of aromatic carboxylic acids is 1. The van der Waals surface area contributed by atoms with Gasteiger partial charge in [0.1, 0.15) is 5.54 Å². The number of carboxylic acid groups (broad SMARTS) is 1. The van der Waals surface area contributed by atoms with Crippen LogP contribution in [-0.4, -0.2) is 29.6 Å². The van der Waals surface area contributed by atoms with E-state index in [4.69, 9.17) is 5.11 Å². The van der Waals surface area contributed by atoms with Crippen molar-refractivity contribution in [3.63, 3.8) is 0 Å². The summed E-state index contributed by atoms with van der Waals surface area (Å²) in [5, 5.41) is 11.6. The molecule has 0 aromatic heterocycles. The van der Waals surface area contributed by atoms with Crippen LogP contribution in [0.2, 0.25) is 0 Å². The van der Waals surface area contributed by atoms with Crippen molar-refractivity contribution in [2.45, 2.75) is 19.4 Å². The molecule has 0 saturated carbocycles. The number of rotatable bonds is 1. The zero-order valence-electron chi connectivity index (χ0n) is 9.94. The average molecular weight is 234 g/mol. The lowest BCUT2D eigenvalue weighted by Gasteiger charge is -2.41. The number of carboxylic acids is 1. The van der Waals surface area contributed by atoms with Gasteiger partial charge in [0.05, 0.1) is 16.9 Å². The lowest BCUT2D eigenvalue weighted by molar-refractivity contribution is -0.120. The van der Waals surface area contributed by atoms with Crippen molar-refractivity contribution in [1.29, 1.82) is 0 Å². The molecule has 90 valence electrons. The molecule has 5 heteroatoms. The average Bonchev–Trinajstić information content (AvgIpc) is 2.26. The molecule has 5 nitrogen and oxygen atoms in total. The van der Waals surface area contributed by atoms with Gasteiger partial charge in [0.2, 0.25) is 5.91 Å². The standard InChI is InChI=1S/C12H14N2O3/c1-12(2)11(17)13-8-6-7(10(15)16)4-5-9(8)14(12)3/h4-6H,1-3H3,(H,13,17)(H,15,16). The van der Waals surface area contributed by atoms with E-state index in [-0.39, 0.29) is 11.5 Å². The molecule has 0 spiro atoms. The molecule has 0 atom stereocenters. The molecule has 1 aromatic carbocycles. The molecule has 1 aromatic rings. The van der Waals surface area contributed by atoms with Crippen LogP contribution in [0.15, 0.2) is 18.2 Å². The summed E-state index contributed by atoms with van der Waals surface area (Å²) in [5.41, 5.74) is 0.881. The van der Waals surface area contributed by atoms with Gasteiger partial charge in [0, 0.05) is 7.05 Å². The largest absolute Gasteiger partial charge is 0.478 e. The molecule has 17 heavy (non-hydrogen) atoms. The first-order valence-electron chi connectivity index (χ1n) is 5.26. The summed E-state index contributed by atoms with van der Waals surface area (Å²) in [6.07, 6.45) is 0. The molecule has 2 N–H and O–H groups in total. The smallest absolute Gasteiger partial charge is 0.335 e. The third-order valence-corrected chi connectivity index (χ3v) is 3.25. The first-order chi connectivity index (χ1) is 7.84. The van der Waals surface area contributed by atoms with E-state index in [1.807, 2.05) is 25.8 Å². The first kappa shape index (κ1) is 11.4. The van der Waals surface area contributed by atoms with E-state index in [1.165, 1.54) is 12.1 Å². The van der Waals surface area contributed by atoms with Gasteiger partial charge in [0.25, 0.3) is 0 Å². The second-order valence-corrected chi connectivity index (χ2v) is 4.61. The summed E-state index contributed by atoms with van der Waals surface area (Å²) in [6, 6.07) is 4.71. The Kier molecular flexibility index (Phi) is 2.34. The van der Waals surface area contributed by atoms with Gasteiger partial charge in [0.15, 0.2) is 0 Å². The predicted octanol–water partition coefficient (Wildman–Crippen LogP) is 1.55. The minimum absolute atomic E-state index is 0.143. The number of anilines is 2. The number of nitrogens with one attached hydrogen (secondary N) is 1. The summed E-state index contributed by atoms with van der Waals surface area (Å²) in [6.45, 7) is 3.63. The summed E-state index contributed by atoms with van der Waals surface area (Å²) in [4.78, 5) is 24.6. The van der Waals surface area contributed by atoms with Crippen molar-refractivity contribution in [2.75, 3.05) is 17.3 Å². The highest BCUT2D eigenvalue weighted by Gasteiger charge is 2.37. The number of likely N-dealkylation sites (N-methyl/N-ethyl adjacent to an activating group) is 1. The lowest BCUT2D eigenvalue weighted by Crippen LogP contribution is -2.54. The molecule has 0 saturated heterocycles. The summed E-state index contributed by atoms with van der Waals surface area (Å²) < 4.78 is 0. The van der Waals surface area contributed by atoms with E-state index in [9.17, 15) is 9.59 Å². The van der Waals surface area contributed by atoms with Gasteiger partial charge in [-0.1, -0.05) is 0 Å². The van der Waals surface area contributed by atoms with Gasteiger partial charge in [-0.05, 0) is 32.0 Å². The zero-order chi connectivity index (χ0) is 12.8. The normalized spacial score (nSPS) is 17.4. The Balaban J connectivity index is 2.53. The quantitative estimate of drug-likeness (QED) is 0.773. The summed E-state index contributed by atoms with van der Waals surface area (Å²) in [7, 11) is 1.82. The maximum atomic E-state index is 11.9. The van der Waals surface area contributed by atoms with Gasteiger partial charge < -0.3 is 15.3 Å². The van der Waals surface area contributed by atoms with Gasteiger partial charge >= 0.3 is 5.97 Å². The predicted molar refractivity (Wildman–Crippen MR) is 64.5 cm³/mol. The van der Waals surface area contributed by atoms with E-state index < -0.39 is 11.5 Å². The highest BCUT2D eigenvalue weighted by molar-refractivity contribution is 6.07. The van der Waals surface area contributed by atoms with Crippen LogP contribution in [0.3, 0.4) is 0 Å². The number of carbonyl (C=O) groups excluding carboxylic acids is 1. The molecule has 0 fully saturated rings. The maximum Gasteiger partial charge on any atom is 0.335 e. The maximum absolute atomic E-state index is 11.9. The second-order valence-electron chi connectivity index (χ2n) is 4.61. The number of amides is 1. The SMILES string of the molecule is CN1c2ccc(C(=O)O)cc2NC(=O)C1(C)C. The molecule has 2 rings (SSSR count). The van der Waals surface area contributed by atoms with Crippen LogP contribution >= 0.6 is 0 Å². The van der Waals surface area contributed by atoms with Crippen molar-refractivity contribution in [3.8, 4) is 0 Å². The Hall–Kier alpha value is -2.04. The Labute approximate surface area is 99.0 Å². The van der Waals surface area contributed by atoms with E-state index in [0.717, 1.165) is 5.69 Å². The summed E-state index contributed by atoms with van der Waals surface area (Å²) in [5.74, 6) is -1.15. The minimum atomic E-state index is -1.01. The van der Waals surface area contributed by atoms with Crippen molar-refractivity contribution in [3.05, 3.63) is 23.8 Å². The Morgan fingerprint density at radius 2 is 2.06 bits per heavy atom. The third kappa shape index (κ3) is 1.63. The van der Waals surface area contributed by atoms with Gasteiger partial charge in [-0.15, -0.1) is 0 Å². The minimum Gasteiger partial charge on any atom is -0.478 e. The van der Waals surface area contributed by atoms with Gasteiger partial charge in [-0.25, -0.2) is 4.79 Å². The van der Waals surface area contributed by atoms with Crippen LogP contribution in [0.1, 0.15) is 24.2 Å². The van der Waals surface area contributed by atoms with Gasteiger partial charge in [-0.2, -0.15) is 0 Å². The van der Waals surface area contributed by atoms with Crippen molar-refractivity contribution in [2.24, 2.45) is 0 Å². The molecule has 1 aliphatic heterocycles. The monoisotopic (exact) mass is 234 g/mol.